The van der Waals surface area contributed by atoms with Gasteiger partial charge in [-0.05, 0) is 66.9 Å². The molecule has 37 heavy (non-hydrogen) atoms. The molecule has 0 aliphatic heterocycles. The Kier molecular flexibility index (Phi) is 8.30. The number of ether oxygens (including phenoxy) is 3. The number of hydrogen-bond donors (Lipinski definition) is 1. The molecule has 0 aromatic heterocycles. The highest BCUT2D eigenvalue weighted by atomic mass is 16.6. The molecule has 1 saturated carbocycles. The molecule has 8 heteroatoms. The van der Waals surface area contributed by atoms with Crippen LogP contribution in [0.5, 0.6) is 0 Å². The normalized spacial score (nSPS) is 20.6. The summed E-state index contributed by atoms with van der Waals surface area (Å²) in [6.07, 6.45) is 2.95. The summed E-state index contributed by atoms with van der Waals surface area (Å²) in [5, 5.41) is 2.50. The zero-order valence-corrected chi connectivity index (χ0v) is 22.6. The number of Topliss-reactive ketones (excluding diaryl/α,β-unsaturated/α-hetero) is 1. The van der Waals surface area contributed by atoms with E-state index in [1.165, 1.54) is 6.92 Å². The molecule has 4 atom stereocenters. The zero-order chi connectivity index (χ0) is 27.5. The van der Waals surface area contributed by atoms with Crippen LogP contribution < -0.4 is 5.32 Å². The van der Waals surface area contributed by atoms with E-state index in [9.17, 15) is 19.2 Å². The molecule has 1 fully saturated rings. The lowest BCUT2D eigenvalue weighted by Gasteiger charge is -2.29. The summed E-state index contributed by atoms with van der Waals surface area (Å²) in [5.74, 6) is -1.97. The first-order valence-corrected chi connectivity index (χ1v) is 12.6. The molecule has 1 aromatic rings. The molecule has 2 aliphatic carbocycles. The zero-order valence-electron chi connectivity index (χ0n) is 22.6. The standard InChI is InChI=1S/C29H37NO7/c1-17(23(26(33)36-28(2,3)4)30-27(34)37-29(5,6)7)35-25(32)22-16-14-19-20(22)13-15-21(19)24(31)18-11-9-8-10-12-18/h8-13,15,17,19,22-23H,14,16H2,1-7H3,(H,30,34)/t17-,19?,22?,23+/m1/s1. The molecular formula is C29H37NO7. The molecule has 2 aliphatic rings. The van der Waals surface area contributed by atoms with Gasteiger partial charge in [-0.3, -0.25) is 9.59 Å². The van der Waals surface area contributed by atoms with Crippen molar-refractivity contribution in [2.45, 2.75) is 84.7 Å². The second kappa shape index (κ2) is 10.9. The number of carbonyl (C=O) groups excluding carboxylic acids is 4. The number of carbonyl (C=O) groups is 4. The third kappa shape index (κ3) is 7.31. The highest BCUT2D eigenvalue weighted by Gasteiger charge is 2.43. The number of rotatable bonds is 7. The molecule has 1 N–H and O–H groups in total. The first kappa shape index (κ1) is 28.2. The van der Waals surface area contributed by atoms with E-state index in [1.54, 1.807) is 59.8 Å². The smallest absolute Gasteiger partial charge is 0.408 e. The Labute approximate surface area is 218 Å². The maximum Gasteiger partial charge on any atom is 0.408 e. The van der Waals surface area contributed by atoms with Gasteiger partial charge in [-0.1, -0.05) is 42.5 Å². The van der Waals surface area contributed by atoms with Crippen LogP contribution in [-0.2, 0) is 23.8 Å². The summed E-state index contributed by atoms with van der Waals surface area (Å²) in [7, 11) is 0. The lowest BCUT2D eigenvalue weighted by Crippen LogP contribution is -2.52. The fourth-order valence-electron chi connectivity index (χ4n) is 4.52. The van der Waals surface area contributed by atoms with E-state index in [4.69, 9.17) is 14.2 Å². The van der Waals surface area contributed by atoms with Crippen molar-refractivity contribution >= 4 is 23.8 Å². The minimum Gasteiger partial charge on any atom is -0.459 e. The second-order valence-electron chi connectivity index (χ2n) is 11.5. The SMILES string of the molecule is C[C@@H](OC(=O)C1CCC2C(C(=O)c3ccccc3)=CC=C12)[C@H](NC(=O)OC(C)(C)C)C(=O)OC(C)(C)C. The molecule has 8 nitrogen and oxygen atoms in total. The van der Waals surface area contributed by atoms with Crippen LogP contribution in [0.2, 0.25) is 0 Å². The Balaban J connectivity index is 1.68. The van der Waals surface area contributed by atoms with E-state index in [2.05, 4.69) is 5.32 Å². The maximum atomic E-state index is 13.2. The molecule has 3 rings (SSSR count). The molecule has 1 aromatic carbocycles. The Morgan fingerprint density at radius 1 is 0.892 bits per heavy atom. The predicted octanol–water partition coefficient (Wildman–Crippen LogP) is 4.93. The molecule has 0 bridgehead atoms. The van der Waals surface area contributed by atoms with E-state index in [1.807, 2.05) is 24.3 Å². The highest BCUT2D eigenvalue weighted by molar-refractivity contribution is 6.10. The van der Waals surface area contributed by atoms with Crippen molar-refractivity contribution < 1.29 is 33.4 Å². The Hall–Kier alpha value is -3.42. The number of nitrogens with one attached hydrogen (secondary N) is 1. The van der Waals surface area contributed by atoms with Gasteiger partial charge in [0.15, 0.2) is 11.8 Å². The Morgan fingerprint density at radius 3 is 2.11 bits per heavy atom. The summed E-state index contributed by atoms with van der Waals surface area (Å²) in [6, 6.07) is 7.78. The summed E-state index contributed by atoms with van der Waals surface area (Å²) >= 11 is 0. The van der Waals surface area contributed by atoms with Crippen LogP contribution in [0, 0.1) is 11.8 Å². The van der Waals surface area contributed by atoms with Crippen LogP contribution in [0.25, 0.3) is 0 Å². The lowest BCUT2D eigenvalue weighted by molar-refractivity contribution is -0.165. The fourth-order valence-corrected chi connectivity index (χ4v) is 4.52. The van der Waals surface area contributed by atoms with E-state index in [0.29, 0.717) is 24.0 Å². The number of fused-ring (bicyclic) bond motifs is 1. The number of hydrogen-bond acceptors (Lipinski definition) is 7. The summed E-state index contributed by atoms with van der Waals surface area (Å²) in [6.45, 7) is 11.8. The first-order valence-electron chi connectivity index (χ1n) is 12.6. The number of benzene rings is 1. The Bertz CT molecular complexity index is 1110. The van der Waals surface area contributed by atoms with Crippen LogP contribution >= 0.6 is 0 Å². The van der Waals surface area contributed by atoms with Crippen LogP contribution in [-0.4, -0.2) is 47.2 Å². The van der Waals surface area contributed by atoms with Crippen molar-refractivity contribution in [2.75, 3.05) is 0 Å². The number of ketones is 1. The molecular weight excluding hydrogens is 474 g/mol. The van der Waals surface area contributed by atoms with Gasteiger partial charge >= 0.3 is 18.0 Å². The number of alkyl carbamates (subject to hydrolysis) is 1. The highest BCUT2D eigenvalue weighted by Crippen LogP contribution is 2.45. The number of amides is 1. The van der Waals surface area contributed by atoms with Gasteiger partial charge < -0.3 is 19.5 Å². The van der Waals surface area contributed by atoms with Gasteiger partial charge in [-0.2, -0.15) is 0 Å². The van der Waals surface area contributed by atoms with Crippen LogP contribution in [0.4, 0.5) is 4.79 Å². The largest absolute Gasteiger partial charge is 0.459 e. The van der Waals surface area contributed by atoms with Gasteiger partial charge in [0.2, 0.25) is 0 Å². The van der Waals surface area contributed by atoms with Gasteiger partial charge in [0.25, 0.3) is 0 Å². The van der Waals surface area contributed by atoms with E-state index in [-0.39, 0.29) is 11.7 Å². The van der Waals surface area contributed by atoms with Gasteiger partial charge in [-0.25, -0.2) is 9.59 Å². The van der Waals surface area contributed by atoms with Crippen LogP contribution in [0.3, 0.4) is 0 Å². The average Bonchev–Trinajstić information content (AvgIpc) is 3.37. The topological polar surface area (TPSA) is 108 Å². The summed E-state index contributed by atoms with van der Waals surface area (Å²) in [4.78, 5) is 51.5. The van der Waals surface area contributed by atoms with Crippen molar-refractivity contribution in [3.05, 3.63) is 59.2 Å². The maximum absolute atomic E-state index is 13.2. The van der Waals surface area contributed by atoms with Crippen LogP contribution in [0.15, 0.2) is 53.6 Å². The van der Waals surface area contributed by atoms with Crippen molar-refractivity contribution in [3.63, 3.8) is 0 Å². The third-order valence-electron chi connectivity index (χ3n) is 6.07. The fraction of sp³-hybridized carbons (Fsp3) is 0.517. The lowest BCUT2D eigenvalue weighted by atomic mass is 9.90. The average molecular weight is 512 g/mol. The minimum atomic E-state index is -1.26. The van der Waals surface area contributed by atoms with Gasteiger partial charge in [-0.15, -0.1) is 0 Å². The van der Waals surface area contributed by atoms with E-state index >= 15 is 0 Å². The molecule has 0 heterocycles. The predicted molar refractivity (Wildman–Crippen MR) is 138 cm³/mol. The van der Waals surface area contributed by atoms with Crippen LogP contribution in [0.1, 0.15) is 71.7 Å². The van der Waals surface area contributed by atoms with Gasteiger partial charge in [0, 0.05) is 17.1 Å². The molecule has 1 amide bonds. The molecule has 0 spiro atoms. The van der Waals surface area contributed by atoms with E-state index < -0.39 is 47.3 Å². The molecule has 200 valence electrons. The first-order chi connectivity index (χ1) is 17.2. The number of allylic oxidation sites excluding steroid dienone is 3. The Morgan fingerprint density at radius 2 is 1.51 bits per heavy atom. The van der Waals surface area contributed by atoms with E-state index in [0.717, 1.165) is 5.57 Å². The van der Waals surface area contributed by atoms with Gasteiger partial charge in [0.1, 0.15) is 17.3 Å². The van der Waals surface area contributed by atoms with Crippen molar-refractivity contribution in [2.24, 2.45) is 11.8 Å². The third-order valence-corrected chi connectivity index (χ3v) is 6.07. The van der Waals surface area contributed by atoms with Crippen molar-refractivity contribution in [1.29, 1.82) is 0 Å². The molecule has 0 radical (unpaired) electrons. The summed E-state index contributed by atoms with van der Waals surface area (Å²) < 4.78 is 16.4. The van der Waals surface area contributed by atoms with Gasteiger partial charge in [0.05, 0.1) is 5.92 Å². The number of esters is 2. The molecule has 2 unspecified atom stereocenters. The summed E-state index contributed by atoms with van der Waals surface area (Å²) in [5.41, 5.74) is 0.526. The second-order valence-corrected chi connectivity index (χ2v) is 11.5. The monoisotopic (exact) mass is 511 g/mol. The quantitative estimate of drug-likeness (QED) is 0.314. The van der Waals surface area contributed by atoms with Crippen molar-refractivity contribution in [1.82, 2.24) is 5.32 Å². The molecule has 0 saturated heterocycles. The van der Waals surface area contributed by atoms with Crippen molar-refractivity contribution in [3.8, 4) is 0 Å². The minimum absolute atomic E-state index is 0.0502.